The molecule has 1 amide bonds. The molecule has 0 aliphatic carbocycles. The van der Waals surface area contributed by atoms with Gasteiger partial charge in [0.2, 0.25) is 0 Å². The van der Waals surface area contributed by atoms with Crippen molar-refractivity contribution in [3.8, 4) is 0 Å². The zero-order chi connectivity index (χ0) is 29.6. The van der Waals surface area contributed by atoms with Crippen molar-refractivity contribution in [1.82, 2.24) is 5.43 Å². The lowest BCUT2D eigenvalue weighted by Gasteiger charge is -2.27. The summed E-state index contributed by atoms with van der Waals surface area (Å²) in [5.41, 5.74) is 6.48. The van der Waals surface area contributed by atoms with Crippen LogP contribution < -0.4 is 9.73 Å². The Kier molecular flexibility index (Phi) is 9.31. The van der Waals surface area contributed by atoms with Gasteiger partial charge >= 0.3 is 0 Å². The summed E-state index contributed by atoms with van der Waals surface area (Å²) < 4.78 is 29.2. The Balaban J connectivity index is 1.66. The highest BCUT2D eigenvalue weighted by Crippen LogP contribution is 2.30. The van der Waals surface area contributed by atoms with Gasteiger partial charge in [0.1, 0.15) is 0 Å². The van der Waals surface area contributed by atoms with Gasteiger partial charge in [0.05, 0.1) is 22.7 Å². The minimum absolute atomic E-state index is 0.00519. The van der Waals surface area contributed by atoms with Crippen molar-refractivity contribution in [2.24, 2.45) is 5.10 Å². The van der Waals surface area contributed by atoms with Crippen molar-refractivity contribution in [3.05, 3.63) is 130 Å². The number of aryl methyl sites for hydroxylation is 1. The fourth-order valence-electron chi connectivity index (χ4n) is 4.65. The Hall–Kier alpha value is -3.94. The highest BCUT2D eigenvalue weighted by Gasteiger charge is 2.29. The molecule has 0 aliphatic heterocycles. The van der Waals surface area contributed by atoms with E-state index in [2.05, 4.69) is 36.5 Å². The molecule has 0 heterocycles. The predicted octanol–water partition coefficient (Wildman–Crippen LogP) is 7.52. The van der Waals surface area contributed by atoms with Crippen LogP contribution >= 0.6 is 11.6 Å². The number of nitrogens with zero attached hydrogens (tertiary/aromatic N) is 2. The van der Waals surface area contributed by atoms with E-state index in [0.29, 0.717) is 11.4 Å². The van der Waals surface area contributed by atoms with Gasteiger partial charge in [-0.2, -0.15) is 5.10 Å². The summed E-state index contributed by atoms with van der Waals surface area (Å²) in [5, 5.41) is 4.92. The molecule has 0 aliphatic rings. The van der Waals surface area contributed by atoms with E-state index in [1.807, 2.05) is 32.0 Å². The second-order valence-corrected chi connectivity index (χ2v) is 13.0. The number of sulfonamides is 1. The van der Waals surface area contributed by atoms with Crippen LogP contribution in [0.2, 0.25) is 5.02 Å². The Labute approximate surface area is 247 Å². The van der Waals surface area contributed by atoms with Crippen LogP contribution in [0, 0.1) is 6.92 Å². The molecular formula is C33H34ClN3O3S. The third-order valence-corrected chi connectivity index (χ3v) is 8.89. The van der Waals surface area contributed by atoms with E-state index in [9.17, 15) is 13.2 Å². The number of rotatable bonds is 10. The van der Waals surface area contributed by atoms with E-state index in [1.165, 1.54) is 9.87 Å². The molecule has 0 saturated heterocycles. The summed E-state index contributed by atoms with van der Waals surface area (Å²) in [6.45, 7) is 8.02. The molecule has 0 fully saturated rings. The Bertz CT molecular complexity index is 1630. The van der Waals surface area contributed by atoms with Gasteiger partial charge in [0, 0.05) is 10.7 Å². The lowest BCUT2D eigenvalue weighted by molar-refractivity contribution is 0.0955. The van der Waals surface area contributed by atoms with Gasteiger partial charge in [-0.15, -0.1) is 0 Å². The molecule has 0 unspecified atom stereocenters. The third-order valence-electron chi connectivity index (χ3n) is 6.87. The van der Waals surface area contributed by atoms with Gasteiger partial charge in [0.25, 0.3) is 15.9 Å². The third kappa shape index (κ3) is 7.43. The van der Waals surface area contributed by atoms with E-state index in [1.54, 1.807) is 72.8 Å². The maximum absolute atomic E-state index is 14.0. The number of halogens is 1. The van der Waals surface area contributed by atoms with Crippen LogP contribution in [0.1, 0.15) is 54.2 Å². The minimum Gasteiger partial charge on any atom is -0.267 e. The molecule has 0 saturated carbocycles. The predicted molar refractivity (Wildman–Crippen MR) is 167 cm³/mol. The quantitative estimate of drug-likeness (QED) is 0.154. The number of benzene rings is 4. The van der Waals surface area contributed by atoms with Gasteiger partial charge in [-0.25, -0.2) is 13.8 Å². The standard InChI is InChI=1S/C33H34ClN3O3S/c1-24-14-20-29(21-15-24)41(39,40)37(23-26-16-18-28(34)19-17-26)31-13-9-8-12-30(31)32(38)36-35-25(2)22-33(3,4)27-10-6-5-7-11-27/h5-21H,22-23H2,1-4H3,(H,36,38)/b35-25-. The summed E-state index contributed by atoms with van der Waals surface area (Å²) >= 11 is 6.07. The Morgan fingerprint density at radius 3 is 2.15 bits per heavy atom. The second-order valence-electron chi connectivity index (χ2n) is 10.7. The molecule has 0 aromatic heterocycles. The van der Waals surface area contributed by atoms with Crippen molar-refractivity contribution in [2.45, 2.75) is 51.0 Å². The number of anilines is 1. The molecule has 0 spiro atoms. The van der Waals surface area contributed by atoms with Gasteiger partial charge in [-0.1, -0.05) is 97.7 Å². The van der Waals surface area contributed by atoms with Crippen molar-refractivity contribution in [3.63, 3.8) is 0 Å². The zero-order valence-corrected chi connectivity index (χ0v) is 25.2. The number of para-hydroxylation sites is 1. The Morgan fingerprint density at radius 2 is 1.49 bits per heavy atom. The van der Waals surface area contributed by atoms with Crippen molar-refractivity contribution >= 4 is 38.9 Å². The highest BCUT2D eigenvalue weighted by atomic mass is 35.5. The van der Waals surface area contributed by atoms with Crippen LogP contribution in [0.3, 0.4) is 0 Å². The van der Waals surface area contributed by atoms with Gasteiger partial charge in [0.15, 0.2) is 0 Å². The monoisotopic (exact) mass is 587 g/mol. The maximum atomic E-state index is 14.0. The second kappa shape index (κ2) is 12.7. The average molecular weight is 588 g/mol. The largest absolute Gasteiger partial charge is 0.273 e. The summed E-state index contributed by atoms with van der Waals surface area (Å²) in [6, 6.07) is 30.4. The first-order chi connectivity index (χ1) is 19.5. The summed E-state index contributed by atoms with van der Waals surface area (Å²) in [5.74, 6) is -0.502. The topological polar surface area (TPSA) is 78.8 Å². The van der Waals surface area contributed by atoms with E-state index in [-0.39, 0.29) is 28.1 Å². The van der Waals surface area contributed by atoms with Gasteiger partial charge in [-0.3, -0.25) is 9.10 Å². The fourth-order valence-corrected chi connectivity index (χ4v) is 6.25. The van der Waals surface area contributed by atoms with Crippen LogP contribution in [0.15, 0.2) is 113 Å². The minimum atomic E-state index is -4.04. The van der Waals surface area contributed by atoms with Gasteiger partial charge in [-0.05, 0) is 73.2 Å². The number of carbonyl (C=O) groups excluding carboxylic acids is 1. The summed E-state index contributed by atoms with van der Waals surface area (Å²) in [6.07, 6.45) is 0.628. The molecule has 6 nitrogen and oxygen atoms in total. The molecule has 0 bridgehead atoms. The normalized spacial score (nSPS) is 12.2. The molecule has 212 valence electrons. The fraction of sp³-hybridized carbons (Fsp3) is 0.212. The summed E-state index contributed by atoms with van der Waals surface area (Å²) in [4.78, 5) is 13.6. The molecule has 4 aromatic rings. The lowest BCUT2D eigenvalue weighted by atomic mass is 9.80. The first kappa shape index (κ1) is 30.0. The van der Waals surface area contributed by atoms with E-state index < -0.39 is 15.9 Å². The van der Waals surface area contributed by atoms with Crippen molar-refractivity contribution in [2.75, 3.05) is 4.31 Å². The lowest BCUT2D eigenvalue weighted by Crippen LogP contribution is -2.33. The molecule has 4 rings (SSSR count). The number of hydrogen-bond acceptors (Lipinski definition) is 4. The SMILES string of the molecule is C/C(CC(C)(C)c1ccccc1)=N/NC(=O)c1ccccc1N(Cc1ccc(Cl)cc1)S(=O)(=O)c1ccc(C)cc1. The molecular weight excluding hydrogens is 554 g/mol. The molecule has 4 aromatic carbocycles. The first-order valence-corrected chi connectivity index (χ1v) is 15.1. The van der Waals surface area contributed by atoms with E-state index in [0.717, 1.165) is 16.8 Å². The van der Waals surface area contributed by atoms with Crippen LogP contribution in [0.4, 0.5) is 5.69 Å². The smallest absolute Gasteiger partial charge is 0.267 e. The molecule has 0 radical (unpaired) electrons. The maximum Gasteiger partial charge on any atom is 0.273 e. The first-order valence-electron chi connectivity index (χ1n) is 13.3. The van der Waals surface area contributed by atoms with Crippen LogP contribution in [0.25, 0.3) is 0 Å². The van der Waals surface area contributed by atoms with Crippen LogP contribution in [0.5, 0.6) is 0 Å². The Morgan fingerprint density at radius 1 is 0.878 bits per heavy atom. The van der Waals surface area contributed by atoms with Crippen LogP contribution in [-0.4, -0.2) is 20.0 Å². The number of hydrogen-bond donors (Lipinski definition) is 1. The molecule has 0 atom stereocenters. The van der Waals surface area contributed by atoms with E-state index in [4.69, 9.17) is 11.6 Å². The van der Waals surface area contributed by atoms with E-state index >= 15 is 0 Å². The molecule has 8 heteroatoms. The van der Waals surface area contributed by atoms with Crippen molar-refractivity contribution in [1.29, 1.82) is 0 Å². The van der Waals surface area contributed by atoms with Crippen LogP contribution in [-0.2, 0) is 22.0 Å². The van der Waals surface area contributed by atoms with Crippen molar-refractivity contribution < 1.29 is 13.2 Å². The number of hydrazone groups is 1. The average Bonchev–Trinajstić information content (AvgIpc) is 2.96. The van der Waals surface area contributed by atoms with Gasteiger partial charge < -0.3 is 0 Å². The number of carbonyl (C=O) groups is 1. The molecule has 1 N–H and O–H groups in total. The highest BCUT2D eigenvalue weighted by molar-refractivity contribution is 7.92. The molecule has 41 heavy (non-hydrogen) atoms. The number of amides is 1. The number of nitrogens with one attached hydrogen (secondary N) is 1. The summed E-state index contributed by atoms with van der Waals surface area (Å²) in [7, 11) is -4.04. The zero-order valence-electron chi connectivity index (χ0n) is 23.6.